The van der Waals surface area contributed by atoms with Gasteiger partial charge < -0.3 is 5.73 Å². The van der Waals surface area contributed by atoms with Gasteiger partial charge >= 0.3 is 0 Å². The average Bonchev–Trinajstić information content (AvgIpc) is 2.63. The Kier molecular flexibility index (Phi) is 8.17. The van der Waals surface area contributed by atoms with Gasteiger partial charge in [0.2, 0.25) is 0 Å². The van der Waals surface area contributed by atoms with Crippen molar-refractivity contribution in [3.05, 3.63) is 54.6 Å². The van der Waals surface area contributed by atoms with Crippen molar-refractivity contribution in [1.29, 1.82) is 0 Å². The molecule has 24 heavy (non-hydrogen) atoms. The van der Waals surface area contributed by atoms with Crippen LogP contribution in [0.15, 0.2) is 59.5 Å². The Morgan fingerprint density at radius 3 is 2.29 bits per heavy atom. The van der Waals surface area contributed by atoms with Gasteiger partial charge in [-0.25, -0.2) is 0 Å². The Morgan fingerprint density at radius 2 is 1.58 bits per heavy atom. The van der Waals surface area contributed by atoms with E-state index in [1.807, 2.05) is 0 Å². The molecule has 2 aromatic carbocycles. The number of benzene rings is 2. The van der Waals surface area contributed by atoms with Crippen LogP contribution in [0.1, 0.15) is 38.5 Å². The second-order valence-electron chi connectivity index (χ2n) is 6.49. The summed E-state index contributed by atoms with van der Waals surface area (Å²) in [5, 5.41) is 0.658. The Hall–Kier alpha value is -0.960. The summed E-state index contributed by atoms with van der Waals surface area (Å²) in [7, 11) is 0. The largest absolute Gasteiger partial charge is 0.330 e. The predicted molar refractivity (Wildman–Crippen MR) is 109 cm³/mol. The Morgan fingerprint density at radius 1 is 0.917 bits per heavy atom. The van der Waals surface area contributed by atoms with E-state index in [1.54, 1.807) is 0 Å². The van der Waals surface area contributed by atoms with Crippen LogP contribution in [0.5, 0.6) is 0 Å². The summed E-state index contributed by atoms with van der Waals surface area (Å²) < 4.78 is 0. The maximum absolute atomic E-state index is 5.93. The van der Waals surface area contributed by atoms with Crippen LogP contribution in [0.4, 0.5) is 0 Å². The minimum absolute atomic E-state index is 0. The monoisotopic (exact) mass is 361 g/mol. The van der Waals surface area contributed by atoms with E-state index in [4.69, 9.17) is 5.73 Å². The van der Waals surface area contributed by atoms with Gasteiger partial charge in [-0.1, -0.05) is 67.8 Å². The summed E-state index contributed by atoms with van der Waals surface area (Å²) >= 11 is 2.06. The zero-order chi connectivity index (χ0) is 15.9. The first kappa shape index (κ1) is 19.4. The molecular weight excluding hydrogens is 334 g/mol. The third kappa shape index (κ3) is 5.02. The topological polar surface area (TPSA) is 26.0 Å². The fourth-order valence-electron chi connectivity index (χ4n) is 3.65. The van der Waals surface area contributed by atoms with Crippen LogP contribution in [-0.2, 0) is 0 Å². The van der Waals surface area contributed by atoms with Crippen molar-refractivity contribution < 1.29 is 0 Å². The number of thioether (sulfide) groups is 1. The van der Waals surface area contributed by atoms with Gasteiger partial charge in [0.25, 0.3) is 0 Å². The quantitative estimate of drug-likeness (QED) is 0.623. The molecule has 0 spiro atoms. The molecule has 3 heteroatoms. The fourth-order valence-corrected chi connectivity index (χ4v) is 5.16. The van der Waals surface area contributed by atoms with Crippen LogP contribution in [0, 0.1) is 5.92 Å². The standard InChI is InChI=1S/C21H27NS.ClH/c22-16-15-20(18-11-5-2-6-12-18)23-21-14-8-7-13-19(21)17-9-3-1-4-10-17;/h1,3-4,7-10,13-14,18,20H,2,5-6,11-12,15-16,22H2;1H. The molecule has 0 amide bonds. The molecule has 0 saturated heterocycles. The first-order valence-corrected chi connectivity index (χ1v) is 9.77. The van der Waals surface area contributed by atoms with E-state index in [0.717, 1.165) is 18.9 Å². The van der Waals surface area contributed by atoms with Gasteiger partial charge in [-0.2, -0.15) is 0 Å². The zero-order valence-corrected chi connectivity index (χ0v) is 15.8. The molecule has 0 bridgehead atoms. The second-order valence-corrected chi connectivity index (χ2v) is 7.77. The van der Waals surface area contributed by atoms with Crippen LogP contribution in [0.2, 0.25) is 0 Å². The number of nitrogens with two attached hydrogens (primary N) is 1. The van der Waals surface area contributed by atoms with Crippen LogP contribution in [-0.4, -0.2) is 11.8 Å². The van der Waals surface area contributed by atoms with E-state index in [-0.39, 0.29) is 12.4 Å². The molecule has 1 unspecified atom stereocenters. The van der Waals surface area contributed by atoms with Crippen molar-refractivity contribution in [2.45, 2.75) is 48.7 Å². The highest BCUT2D eigenvalue weighted by Gasteiger charge is 2.24. The van der Waals surface area contributed by atoms with Gasteiger partial charge in [0.1, 0.15) is 0 Å². The maximum Gasteiger partial charge on any atom is 0.0153 e. The SMILES string of the molecule is Cl.NCCC(Sc1ccccc1-c1ccccc1)C1CCCCC1. The summed E-state index contributed by atoms with van der Waals surface area (Å²) in [5.41, 5.74) is 8.59. The molecule has 0 radical (unpaired) electrons. The minimum Gasteiger partial charge on any atom is -0.330 e. The predicted octanol–water partition coefficient (Wildman–Crippen LogP) is 6.17. The van der Waals surface area contributed by atoms with E-state index < -0.39 is 0 Å². The minimum atomic E-state index is 0. The summed E-state index contributed by atoms with van der Waals surface area (Å²) in [6, 6.07) is 19.6. The average molecular weight is 362 g/mol. The van der Waals surface area contributed by atoms with E-state index in [1.165, 1.54) is 48.1 Å². The summed E-state index contributed by atoms with van der Waals surface area (Å²) in [6.07, 6.45) is 8.09. The van der Waals surface area contributed by atoms with Crippen molar-refractivity contribution in [1.82, 2.24) is 0 Å². The number of hydrogen-bond acceptors (Lipinski definition) is 2. The molecule has 3 rings (SSSR count). The Bertz CT molecular complexity index is 596. The highest BCUT2D eigenvalue weighted by molar-refractivity contribution is 8.00. The smallest absolute Gasteiger partial charge is 0.0153 e. The Labute approximate surface area is 156 Å². The van der Waals surface area contributed by atoms with Crippen molar-refractivity contribution in [3.8, 4) is 11.1 Å². The molecule has 2 N–H and O–H groups in total. The second kappa shape index (κ2) is 10.1. The first-order chi connectivity index (χ1) is 11.4. The molecule has 0 aromatic heterocycles. The lowest BCUT2D eigenvalue weighted by Crippen LogP contribution is -2.23. The highest BCUT2D eigenvalue weighted by atomic mass is 35.5. The van der Waals surface area contributed by atoms with E-state index in [9.17, 15) is 0 Å². The summed E-state index contributed by atoms with van der Waals surface area (Å²) in [4.78, 5) is 1.41. The lowest BCUT2D eigenvalue weighted by molar-refractivity contribution is 0.342. The zero-order valence-electron chi connectivity index (χ0n) is 14.2. The fraction of sp³-hybridized carbons (Fsp3) is 0.429. The molecule has 1 fully saturated rings. The van der Waals surface area contributed by atoms with Crippen molar-refractivity contribution in [3.63, 3.8) is 0 Å². The van der Waals surface area contributed by atoms with Gasteiger partial charge in [0.15, 0.2) is 0 Å². The lowest BCUT2D eigenvalue weighted by Gasteiger charge is -2.30. The lowest BCUT2D eigenvalue weighted by atomic mass is 9.86. The molecule has 1 aliphatic rings. The van der Waals surface area contributed by atoms with Crippen molar-refractivity contribution in [2.24, 2.45) is 11.7 Å². The van der Waals surface area contributed by atoms with Crippen molar-refractivity contribution in [2.75, 3.05) is 6.54 Å². The van der Waals surface area contributed by atoms with Gasteiger partial charge in [0.05, 0.1) is 0 Å². The molecule has 1 saturated carbocycles. The van der Waals surface area contributed by atoms with E-state index >= 15 is 0 Å². The van der Waals surface area contributed by atoms with E-state index in [2.05, 4.69) is 66.4 Å². The first-order valence-electron chi connectivity index (χ1n) is 8.89. The molecule has 1 atom stereocenters. The van der Waals surface area contributed by atoms with Crippen molar-refractivity contribution >= 4 is 24.2 Å². The molecule has 1 nitrogen and oxygen atoms in total. The molecule has 1 aliphatic carbocycles. The number of hydrogen-bond donors (Lipinski definition) is 1. The van der Waals surface area contributed by atoms with Gasteiger partial charge in [-0.05, 0) is 48.9 Å². The van der Waals surface area contributed by atoms with Gasteiger partial charge in [-0.3, -0.25) is 0 Å². The third-order valence-corrected chi connectivity index (χ3v) is 6.41. The van der Waals surface area contributed by atoms with Crippen LogP contribution >= 0.6 is 24.2 Å². The van der Waals surface area contributed by atoms with E-state index in [0.29, 0.717) is 5.25 Å². The number of halogens is 1. The number of rotatable bonds is 6. The van der Waals surface area contributed by atoms with Crippen LogP contribution < -0.4 is 5.73 Å². The molecule has 0 aliphatic heterocycles. The highest BCUT2D eigenvalue weighted by Crippen LogP contribution is 2.41. The maximum atomic E-state index is 5.93. The molecule has 130 valence electrons. The Balaban J connectivity index is 0.00000208. The molecule has 0 heterocycles. The van der Waals surface area contributed by atoms with Crippen LogP contribution in [0.25, 0.3) is 11.1 Å². The van der Waals surface area contributed by atoms with Gasteiger partial charge in [-0.15, -0.1) is 24.2 Å². The molecular formula is C21H28ClNS. The normalized spacial score (nSPS) is 16.4. The molecule has 2 aromatic rings. The summed E-state index contributed by atoms with van der Waals surface area (Å²) in [5.74, 6) is 0.834. The van der Waals surface area contributed by atoms with Gasteiger partial charge in [0, 0.05) is 10.1 Å². The van der Waals surface area contributed by atoms with Crippen LogP contribution in [0.3, 0.4) is 0 Å². The third-order valence-electron chi connectivity index (χ3n) is 4.88. The summed E-state index contributed by atoms with van der Waals surface area (Å²) in [6.45, 7) is 0.793.